The fraction of sp³-hybridized carbons (Fsp3) is 0.636. The summed E-state index contributed by atoms with van der Waals surface area (Å²) in [5, 5.41) is 3.21. The summed E-state index contributed by atoms with van der Waals surface area (Å²) in [6.45, 7) is 6.68. The topological polar surface area (TPSA) is 45.2 Å². The SMILES string of the molecule is CCCN(C(=O)c1scnc1C)C1CNC1. The van der Waals surface area contributed by atoms with Gasteiger partial charge in [-0.3, -0.25) is 4.79 Å². The first kappa shape index (κ1) is 11.5. The van der Waals surface area contributed by atoms with Crippen molar-refractivity contribution in [3.8, 4) is 0 Å². The number of nitrogens with one attached hydrogen (secondary N) is 1. The Morgan fingerprint density at radius 3 is 2.88 bits per heavy atom. The highest BCUT2D eigenvalue weighted by molar-refractivity contribution is 7.11. The summed E-state index contributed by atoms with van der Waals surface area (Å²) < 4.78 is 0. The molecule has 0 saturated carbocycles. The van der Waals surface area contributed by atoms with Gasteiger partial charge in [-0.25, -0.2) is 4.98 Å². The van der Waals surface area contributed by atoms with Gasteiger partial charge in [-0.2, -0.15) is 0 Å². The second kappa shape index (κ2) is 4.93. The molecule has 2 heterocycles. The molecule has 1 aromatic rings. The van der Waals surface area contributed by atoms with E-state index in [9.17, 15) is 4.79 Å². The van der Waals surface area contributed by atoms with E-state index in [4.69, 9.17) is 0 Å². The van der Waals surface area contributed by atoms with Gasteiger partial charge in [-0.15, -0.1) is 11.3 Å². The summed E-state index contributed by atoms with van der Waals surface area (Å²) in [6.07, 6.45) is 1.00. The zero-order valence-corrected chi connectivity index (χ0v) is 10.5. The predicted molar refractivity (Wildman–Crippen MR) is 64.8 cm³/mol. The number of thiazole rings is 1. The van der Waals surface area contributed by atoms with E-state index < -0.39 is 0 Å². The van der Waals surface area contributed by atoms with Gasteiger partial charge in [-0.05, 0) is 13.3 Å². The lowest BCUT2D eigenvalue weighted by molar-refractivity contribution is 0.0620. The Balaban J connectivity index is 2.13. The van der Waals surface area contributed by atoms with Gasteiger partial charge in [-0.1, -0.05) is 6.92 Å². The second-order valence-corrected chi connectivity index (χ2v) is 4.93. The van der Waals surface area contributed by atoms with Crippen LogP contribution in [-0.2, 0) is 0 Å². The molecule has 5 heteroatoms. The Hall–Kier alpha value is -0.940. The molecule has 4 nitrogen and oxygen atoms in total. The van der Waals surface area contributed by atoms with E-state index in [1.165, 1.54) is 11.3 Å². The molecule has 16 heavy (non-hydrogen) atoms. The summed E-state index contributed by atoms with van der Waals surface area (Å²) in [6, 6.07) is 0.369. The van der Waals surface area contributed by atoms with Crippen molar-refractivity contribution in [3.05, 3.63) is 16.1 Å². The minimum absolute atomic E-state index is 0.147. The molecule has 0 aliphatic carbocycles. The van der Waals surface area contributed by atoms with Gasteiger partial charge in [0.05, 0.1) is 17.2 Å². The summed E-state index contributed by atoms with van der Waals surface area (Å²) in [7, 11) is 0. The molecule has 1 aliphatic rings. The minimum Gasteiger partial charge on any atom is -0.332 e. The van der Waals surface area contributed by atoms with Crippen LogP contribution in [0, 0.1) is 6.92 Å². The smallest absolute Gasteiger partial charge is 0.266 e. The van der Waals surface area contributed by atoms with Crippen LogP contribution in [0.15, 0.2) is 5.51 Å². The molecule has 1 amide bonds. The van der Waals surface area contributed by atoms with Crippen LogP contribution in [-0.4, -0.2) is 41.5 Å². The summed E-state index contributed by atoms with van der Waals surface area (Å²) in [4.78, 5) is 19.2. The van der Waals surface area contributed by atoms with Gasteiger partial charge in [0.15, 0.2) is 0 Å². The van der Waals surface area contributed by atoms with Crippen molar-refractivity contribution in [3.63, 3.8) is 0 Å². The van der Waals surface area contributed by atoms with Crippen LogP contribution in [0.25, 0.3) is 0 Å². The quantitative estimate of drug-likeness (QED) is 0.861. The van der Waals surface area contributed by atoms with Crippen molar-refractivity contribution in [1.82, 2.24) is 15.2 Å². The van der Waals surface area contributed by atoms with Gasteiger partial charge in [0.2, 0.25) is 0 Å². The van der Waals surface area contributed by atoms with Crippen LogP contribution in [0.1, 0.15) is 28.7 Å². The molecule has 1 fully saturated rings. The third-order valence-electron chi connectivity index (χ3n) is 2.87. The largest absolute Gasteiger partial charge is 0.332 e. The van der Waals surface area contributed by atoms with Crippen LogP contribution >= 0.6 is 11.3 Å². The van der Waals surface area contributed by atoms with E-state index in [2.05, 4.69) is 17.2 Å². The number of carbonyl (C=O) groups excluding carboxylic acids is 1. The zero-order valence-electron chi connectivity index (χ0n) is 9.69. The number of hydrogen-bond acceptors (Lipinski definition) is 4. The van der Waals surface area contributed by atoms with E-state index in [-0.39, 0.29) is 5.91 Å². The molecule has 0 spiro atoms. The number of aromatic nitrogens is 1. The van der Waals surface area contributed by atoms with Crippen LogP contribution in [0.5, 0.6) is 0 Å². The molecule has 1 N–H and O–H groups in total. The molecule has 1 saturated heterocycles. The lowest BCUT2D eigenvalue weighted by Crippen LogP contribution is -2.59. The highest BCUT2D eigenvalue weighted by atomic mass is 32.1. The van der Waals surface area contributed by atoms with Crippen LogP contribution in [0.3, 0.4) is 0 Å². The predicted octanol–water partition coefficient (Wildman–Crippen LogP) is 1.28. The first-order valence-corrected chi connectivity index (χ1v) is 6.53. The van der Waals surface area contributed by atoms with E-state index in [1.807, 2.05) is 11.8 Å². The number of amides is 1. The number of nitrogens with zero attached hydrogens (tertiary/aromatic N) is 2. The Labute approximate surface area is 99.7 Å². The molecule has 2 rings (SSSR count). The fourth-order valence-corrected chi connectivity index (χ4v) is 2.58. The van der Waals surface area contributed by atoms with Crippen LogP contribution in [0.2, 0.25) is 0 Å². The van der Waals surface area contributed by atoms with Gasteiger partial charge >= 0.3 is 0 Å². The standard InChI is InChI=1S/C11H17N3OS/c1-3-4-14(9-5-12-6-9)11(15)10-8(2)13-7-16-10/h7,9,12H,3-6H2,1-2H3. The van der Waals surface area contributed by atoms with Gasteiger partial charge in [0.1, 0.15) is 4.88 Å². The molecule has 0 atom stereocenters. The van der Waals surface area contributed by atoms with Crippen LogP contribution < -0.4 is 5.32 Å². The Morgan fingerprint density at radius 2 is 2.44 bits per heavy atom. The molecule has 1 aliphatic heterocycles. The van der Waals surface area contributed by atoms with Gasteiger partial charge < -0.3 is 10.2 Å². The molecule has 0 radical (unpaired) electrons. The summed E-state index contributed by atoms with van der Waals surface area (Å²) in [5.74, 6) is 0.147. The van der Waals surface area contributed by atoms with Crippen molar-refractivity contribution in [1.29, 1.82) is 0 Å². The summed E-state index contributed by atoms with van der Waals surface area (Å²) >= 11 is 1.44. The number of aryl methyl sites for hydroxylation is 1. The molecule has 0 unspecified atom stereocenters. The maximum atomic E-state index is 12.3. The normalized spacial score (nSPS) is 15.9. The lowest BCUT2D eigenvalue weighted by Gasteiger charge is -2.38. The number of hydrogen-bond donors (Lipinski definition) is 1. The average molecular weight is 239 g/mol. The van der Waals surface area contributed by atoms with E-state index >= 15 is 0 Å². The summed E-state index contributed by atoms with van der Waals surface area (Å²) in [5.41, 5.74) is 2.59. The monoisotopic (exact) mass is 239 g/mol. The van der Waals surface area contributed by atoms with Crippen molar-refractivity contribution < 1.29 is 4.79 Å². The lowest BCUT2D eigenvalue weighted by atomic mass is 10.1. The Bertz CT molecular complexity index is 373. The number of rotatable bonds is 4. The van der Waals surface area contributed by atoms with Crippen molar-refractivity contribution in [2.75, 3.05) is 19.6 Å². The van der Waals surface area contributed by atoms with Crippen molar-refractivity contribution in [2.24, 2.45) is 0 Å². The van der Waals surface area contributed by atoms with Gasteiger partial charge in [0, 0.05) is 19.6 Å². The molecule has 1 aromatic heterocycles. The van der Waals surface area contributed by atoms with Crippen molar-refractivity contribution >= 4 is 17.2 Å². The number of carbonyl (C=O) groups is 1. The van der Waals surface area contributed by atoms with Crippen molar-refractivity contribution in [2.45, 2.75) is 26.3 Å². The van der Waals surface area contributed by atoms with E-state index in [0.717, 1.165) is 36.6 Å². The van der Waals surface area contributed by atoms with Crippen LogP contribution in [0.4, 0.5) is 0 Å². The third-order valence-corrected chi connectivity index (χ3v) is 3.78. The van der Waals surface area contributed by atoms with Gasteiger partial charge in [0.25, 0.3) is 5.91 Å². The Morgan fingerprint density at radius 1 is 1.69 bits per heavy atom. The third kappa shape index (κ3) is 2.10. The van der Waals surface area contributed by atoms with E-state index in [0.29, 0.717) is 6.04 Å². The Kier molecular flexibility index (Phi) is 3.56. The van der Waals surface area contributed by atoms with E-state index in [1.54, 1.807) is 5.51 Å². The first-order chi connectivity index (χ1) is 7.74. The highest BCUT2D eigenvalue weighted by Gasteiger charge is 2.29. The molecule has 88 valence electrons. The molecule has 0 aromatic carbocycles. The second-order valence-electron chi connectivity index (χ2n) is 4.08. The minimum atomic E-state index is 0.147. The molecule has 0 bridgehead atoms. The maximum absolute atomic E-state index is 12.3. The fourth-order valence-electron chi connectivity index (χ4n) is 1.82. The average Bonchev–Trinajstić information content (AvgIpc) is 2.60. The molecular formula is C11H17N3OS. The first-order valence-electron chi connectivity index (χ1n) is 5.65. The zero-order chi connectivity index (χ0) is 11.5. The maximum Gasteiger partial charge on any atom is 0.266 e. The molecular weight excluding hydrogens is 222 g/mol. The highest BCUT2D eigenvalue weighted by Crippen LogP contribution is 2.18.